The zero-order valence-corrected chi connectivity index (χ0v) is 22.3. The molecule has 1 heterocycles. The summed E-state index contributed by atoms with van der Waals surface area (Å²) in [6, 6.07) is 18.7. The van der Waals surface area contributed by atoms with Crippen molar-refractivity contribution in [1.29, 1.82) is 0 Å². The van der Waals surface area contributed by atoms with Crippen molar-refractivity contribution in [3.63, 3.8) is 0 Å². The average Bonchev–Trinajstić information content (AvgIpc) is 2.93. The largest absolute Gasteiger partial charge is 0.493 e. The number of fused-ring (bicyclic) bond motifs is 1. The standard InChI is InChI=1S/C30H31N3O6/c1-18(2)31-14-13-19-9-11-20(12-10-19)32-29(35)22-15-26(37-3)27(38-4)16-23(22)33-30(36)28-17-24(34)21-7-5-6-8-25(21)39-28/h5-12,15-18,31H,13-14H2,1-4H3,(H,32,35)(H,33,36). The van der Waals surface area contributed by atoms with Crippen LogP contribution in [-0.2, 0) is 6.42 Å². The second kappa shape index (κ2) is 12.3. The first-order valence-corrected chi connectivity index (χ1v) is 12.5. The molecule has 202 valence electrons. The van der Waals surface area contributed by atoms with Gasteiger partial charge in [-0.1, -0.05) is 38.1 Å². The van der Waals surface area contributed by atoms with Crippen LogP contribution in [0.1, 0.15) is 40.3 Å². The van der Waals surface area contributed by atoms with E-state index in [0.29, 0.717) is 28.6 Å². The molecule has 4 rings (SSSR count). The van der Waals surface area contributed by atoms with Gasteiger partial charge >= 0.3 is 0 Å². The van der Waals surface area contributed by atoms with Crippen LogP contribution in [0.15, 0.2) is 75.9 Å². The summed E-state index contributed by atoms with van der Waals surface area (Å²) in [4.78, 5) is 38.9. The molecule has 0 radical (unpaired) electrons. The van der Waals surface area contributed by atoms with Crippen LogP contribution in [0.3, 0.4) is 0 Å². The van der Waals surface area contributed by atoms with E-state index in [-0.39, 0.29) is 28.0 Å². The van der Waals surface area contributed by atoms with Gasteiger partial charge in [-0.05, 0) is 48.9 Å². The number of anilines is 2. The Bertz CT molecular complexity index is 1540. The highest BCUT2D eigenvalue weighted by molar-refractivity contribution is 6.12. The lowest BCUT2D eigenvalue weighted by molar-refractivity contribution is 0.0997. The van der Waals surface area contributed by atoms with E-state index in [4.69, 9.17) is 13.9 Å². The van der Waals surface area contributed by atoms with Crippen molar-refractivity contribution in [3.8, 4) is 11.5 Å². The first-order valence-electron chi connectivity index (χ1n) is 12.5. The van der Waals surface area contributed by atoms with Gasteiger partial charge in [0.1, 0.15) is 5.58 Å². The molecule has 0 bridgehead atoms. The van der Waals surface area contributed by atoms with Gasteiger partial charge in [-0.15, -0.1) is 0 Å². The minimum atomic E-state index is -0.696. The van der Waals surface area contributed by atoms with Crippen LogP contribution < -0.4 is 30.9 Å². The third-order valence-corrected chi connectivity index (χ3v) is 6.05. The van der Waals surface area contributed by atoms with Gasteiger partial charge in [-0.25, -0.2) is 0 Å². The van der Waals surface area contributed by atoms with E-state index < -0.39 is 11.8 Å². The van der Waals surface area contributed by atoms with Crippen LogP contribution in [0.5, 0.6) is 11.5 Å². The van der Waals surface area contributed by atoms with Gasteiger partial charge in [-0.2, -0.15) is 0 Å². The molecule has 0 saturated carbocycles. The van der Waals surface area contributed by atoms with Gasteiger partial charge in [0.05, 0.1) is 30.9 Å². The maximum atomic E-state index is 13.3. The predicted octanol–water partition coefficient (Wildman–Crippen LogP) is 4.86. The number of para-hydroxylation sites is 1. The number of nitrogens with one attached hydrogen (secondary N) is 3. The molecule has 0 saturated heterocycles. The lowest BCUT2D eigenvalue weighted by Gasteiger charge is -2.16. The molecule has 9 nitrogen and oxygen atoms in total. The third kappa shape index (κ3) is 6.63. The minimum Gasteiger partial charge on any atom is -0.493 e. The Kier molecular flexibility index (Phi) is 8.63. The van der Waals surface area contributed by atoms with Crippen LogP contribution in [-0.4, -0.2) is 38.6 Å². The van der Waals surface area contributed by atoms with Gasteiger partial charge in [0.2, 0.25) is 0 Å². The van der Waals surface area contributed by atoms with Crippen molar-refractivity contribution < 1.29 is 23.5 Å². The third-order valence-electron chi connectivity index (χ3n) is 6.05. The van der Waals surface area contributed by atoms with Gasteiger partial charge in [-0.3, -0.25) is 14.4 Å². The normalized spacial score (nSPS) is 10.9. The number of rotatable bonds is 10. The number of carbonyl (C=O) groups is 2. The minimum absolute atomic E-state index is 0.134. The number of hydrogen-bond donors (Lipinski definition) is 3. The fraction of sp³-hybridized carbons (Fsp3) is 0.233. The fourth-order valence-electron chi connectivity index (χ4n) is 4.03. The Morgan fingerprint density at radius 3 is 2.26 bits per heavy atom. The van der Waals surface area contributed by atoms with Crippen LogP contribution in [0.4, 0.5) is 11.4 Å². The van der Waals surface area contributed by atoms with Crippen molar-refractivity contribution in [2.24, 2.45) is 0 Å². The summed E-state index contributed by atoms with van der Waals surface area (Å²) in [5.41, 5.74) is 1.95. The summed E-state index contributed by atoms with van der Waals surface area (Å²) in [5.74, 6) is -0.740. The van der Waals surface area contributed by atoms with Gasteiger partial charge < -0.3 is 29.8 Å². The fourth-order valence-corrected chi connectivity index (χ4v) is 4.03. The molecule has 0 aliphatic rings. The number of ether oxygens (including phenoxy) is 2. The molecule has 0 aliphatic carbocycles. The van der Waals surface area contributed by atoms with E-state index in [2.05, 4.69) is 29.8 Å². The van der Waals surface area contributed by atoms with Gasteiger partial charge in [0.25, 0.3) is 11.8 Å². The molecule has 3 aromatic carbocycles. The van der Waals surface area contributed by atoms with E-state index in [1.165, 1.54) is 26.4 Å². The van der Waals surface area contributed by atoms with Crippen LogP contribution >= 0.6 is 0 Å². The molecule has 9 heteroatoms. The van der Waals surface area contributed by atoms with E-state index in [9.17, 15) is 14.4 Å². The molecule has 0 fully saturated rings. The van der Waals surface area contributed by atoms with Crippen molar-refractivity contribution >= 4 is 34.2 Å². The first kappa shape index (κ1) is 27.4. The average molecular weight is 530 g/mol. The second-order valence-electron chi connectivity index (χ2n) is 9.19. The molecule has 0 spiro atoms. The van der Waals surface area contributed by atoms with Crippen LogP contribution in [0.2, 0.25) is 0 Å². The first-order chi connectivity index (χ1) is 18.8. The Labute approximate surface area is 226 Å². The highest BCUT2D eigenvalue weighted by Crippen LogP contribution is 2.34. The smallest absolute Gasteiger partial charge is 0.291 e. The van der Waals surface area contributed by atoms with Gasteiger partial charge in [0.15, 0.2) is 22.7 Å². The van der Waals surface area contributed by atoms with Crippen LogP contribution in [0, 0.1) is 0 Å². The van der Waals surface area contributed by atoms with Crippen molar-refractivity contribution in [2.45, 2.75) is 26.3 Å². The summed E-state index contributed by atoms with van der Waals surface area (Å²) < 4.78 is 16.4. The highest BCUT2D eigenvalue weighted by atomic mass is 16.5. The van der Waals surface area contributed by atoms with E-state index in [1.807, 2.05) is 24.3 Å². The molecule has 0 aliphatic heterocycles. The molecular weight excluding hydrogens is 498 g/mol. The quantitative estimate of drug-likeness (QED) is 0.269. The number of benzene rings is 3. The molecular formula is C30H31N3O6. The highest BCUT2D eigenvalue weighted by Gasteiger charge is 2.21. The molecule has 39 heavy (non-hydrogen) atoms. The lowest BCUT2D eigenvalue weighted by Crippen LogP contribution is -2.24. The number of carbonyl (C=O) groups excluding carboxylic acids is 2. The molecule has 1 aromatic heterocycles. The molecule has 4 aromatic rings. The number of amides is 2. The number of hydrogen-bond acceptors (Lipinski definition) is 7. The molecule has 3 N–H and O–H groups in total. The number of methoxy groups -OCH3 is 2. The maximum absolute atomic E-state index is 13.3. The zero-order valence-electron chi connectivity index (χ0n) is 22.3. The van der Waals surface area contributed by atoms with Gasteiger partial charge in [0, 0.05) is 23.9 Å². The van der Waals surface area contributed by atoms with Crippen molar-refractivity contribution in [2.75, 3.05) is 31.4 Å². The molecule has 2 amide bonds. The van der Waals surface area contributed by atoms with Crippen LogP contribution in [0.25, 0.3) is 11.0 Å². The Balaban J connectivity index is 1.59. The Hall–Kier alpha value is -4.63. The summed E-state index contributed by atoms with van der Waals surface area (Å²) in [5, 5.41) is 9.28. The second-order valence-corrected chi connectivity index (χ2v) is 9.19. The molecule has 0 atom stereocenters. The summed E-state index contributed by atoms with van der Waals surface area (Å²) in [6.45, 7) is 5.05. The molecule has 0 unspecified atom stereocenters. The topological polar surface area (TPSA) is 119 Å². The van der Waals surface area contributed by atoms with E-state index in [0.717, 1.165) is 24.6 Å². The maximum Gasteiger partial charge on any atom is 0.291 e. The summed E-state index contributed by atoms with van der Waals surface area (Å²) in [7, 11) is 2.90. The van der Waals surface area contributed by atoms with E-state index >= 15 is 0 Å². The monoisotopic (exact) mass is 529 g/mol. The zero-order chi connectivity index (χ0) is 27.9. The Morgan fingerprint density at radius 1 is 0.872 bits per heavy atom. The summed E-state index contributed by atoms with van der Waals surface area (Å²) >= 11 is 0. The SMILES string of the molecule is COc1cc(NC(=O)c2cc(=O)c3ccccc3o2)c(C(=O)Nc2ccc(CCNC(C)C)cc2)cc1OC. The van der Waals surface area contributed by atoms with Crippen molar-refractivity contribution in [1.82, 2.24) is 5.32 Å². The Morgan fingerprint density at radius 2 is 1.56 bits per heavy atom. The van der Waals surface area contributed by atoms with Crippen molar-refractivity contribution in [3.05, 3.63) is 93.8 Å². The predicted molar refractivity (Wildman–Crippen MR) is 151 cm³/mol. The lowest BCUT2D eigenvalue weighted by atomic mass is 10.1. The summed E-state index contributed by atoms with van der Waals surface area (Å²) in [6.07, 6.45) is 0.864. The van der Waals surface area contributed by atoms with E-state index in [1.54, 1.807) is 24.3 Å².